The van der Waals surface area contributed by atoms with E-state index in [1.165, 1.54) is 12.1 Å². The van der Waals surface area contributed by atoms with Crippen LogP contribution in [0.25, 0.3) is 22.0 Å². The molecule has 7 heteroatoms. The average Bonchev–Trinajstić information content (AvgIpc) is 2.48. The van der Waals surface area contributed by atoms with Crippen LogP contribution in [0.3, 0.4) is 0 Å². The minimum atomic E-state index is -0.449. The summed E-state index contributed by atoms with van der Waals surface area (Å²) in [6, 6.07) is 9.53. The van der Waals surface area contributed by atoms with E-state index in [2.05, 4.69) is 10.2 Å². The van der Waals surface area contributed by atoms with Gasteiger partial charge in [0, 0.05) is 28.5 Å². The van der Waals surface area contributed by atoms with Crippen LogP contribution < -0.4 is 0 Å². The molecular weight excluding hydrogens is 313 g/mol. The van der Waals surface area contributed by atoms with Crippen molar-refractivity contribution in [1.82, 2.24) is 10.2 Å². The highest BCUT2D eigenvalue weighted by atomic mass is 35.5. The third-order valence-electron chi connectivity index (χ3n) is 3.05. The first kappa shape index (κ1) is 13.7. The smallest absolute Gasteiger partial charge is 0.258 e. The monoisotopic (exact) mass is 319 g/mol. The molecule has 21 heavy (non-hydrogen) atoms. The SMILES string of the molecule is O=[N+]([O-])c1ccc(-c2nncc3cc(Cl)c(Cl)cc23)cc1. The van der Waals surface area contributed by atoms with Crippen LogP contribution in [0.5, 0.6) is 0 Å². The van der Waals surface area contributed by atoms with Crippen LogP contribution in [-0.2, 0) is 0 Å². The van der Waals surface area contributed by atoms with E-state index in [4.69, 9.17) is 23.2 Å². The van der Waals surface area contributed by atoms with Crippen molar-refractivity contribution in [3.05, 3.63) is 62.8 Å². The first-order chi connectivity index (χ1) is 10.1. The maximum Gasteiger partial charge on any atom is 0.269 e. The summed E-state index contributed by atoms with van der Waals surface area (Å²) in [6.07, 6.45) is 1.59. The molecule has 0 fully saturated rings. The standard InChI is InChI=1S/C14H7Cl2N3O2/c15-12-5-9-7-17-18-14(11(9)6-13(12)16)8-1-3-10(4-2-8)19(20)21/h1-7H. The molecule has 0 atom stereocenters. The number of nitro benzene ring substituents is 1. The van der Waals surface area contributed by atoms with Gasteiger partial charge in [-0.15, -0.1) is 5.10 Å². The van der Waals surface area contributed by atoms with Crippen molar-refractivity contribution < 1.29 is 4.92 Å². The van der Waals surface area contributed by atoms with E-state index in [0.29, 0.717) is 15.7 Å². The first-order valence-corrected chi connectivity index (χ1v) is 6.67. The van der Waals surface area contributed by atoms with Gasteiger partial charge in [-0.1, -0.05) is 23.2 Å². The van der Waals surface area contributed by atoms with Crippen LogP contribution in [0.1, 0.15) is 0 Å². The van der Waals surface area contributed by atoms with Crippen molar-refractivity contribution >= 4 is 39.7 Å². The lowest BCUT2D eigenvalue weighted by molar-refractivity contribution is -0.384. The van der Waals surface area contributed by atoms with Crippen molar-refractivity contribution in [2.75, 3.05) is 0 Å². The summed E-state index contributed by atoms with van der Waals surface area (Å²) in [5.41, 5.74) is 1.34. The quantitative estimate of drug-likeness (QED) is 0.514. The molecule has 0 spiro atoms. The highest BCUT2D eigenvalue weighted by molar-refractivity contribution is 6.42. The van der Waals surface area contributed by atoms with Gasteiger partial charge < -0.3 is 0 Å². The summed E-state index contributed by atoms with van der Waals surface area (Å²) in [6.45, 7) is 0. The molecule has 1 aromatic heterocycles. The molecular formula is C14H7Cl2N3O2. The zero-order chi connectivity index (χ0) is 15.0. The number of aromatic nitrogens is 2. The van der Waals surface area contributed by atoms with Gasteiger partial charge in [0.05, 0.1) is 21.2 Å². The van der Waals surface area contributed by atoms with E-state index >= 15 is 0 Å². The molecule has 0 saturated heterocycles. The molecule has 1 heterocycles. The van der Waals surface area contributed by atoms with E-state index in [0.717, 1.165) is 16.3 Å². The van der Waals surface area contributed by atoms with Gasteiger partial charge in [-0.3, -0.25) is 10.1 Å². The van der Waals surface area contributed by atoms with E-state index < -0.39 is 4.92 Å². The van der Waals surface area contributed by atoms with Gasteiger partial charge in [-0.25, -0.2) is 0 Å². The lowest BCUT2D eigenvalue weighted by Crippen LogP contribution is -1.91. The molecule has 3 rings (SSSR count). The Hall–Kier alpha value is -2.24. The molecule has 0 aliphatic rings. The summed E-state index contributed by atoms with van der Waals surface area (Å²) in [5, 5.41) is 21.2. The Morgan fingerprint density at radius 1 is 1.05 bits per heavy atom. The zero-order valence-corrected chi connectivity index (χ0v) is 12.0. The fourth-order valence-electron chi connectivity index (χ4n) is 2.03. The van der Waals surface area contributed by atoms with Gasteiger partial charge in [0.1, 0.15) is 5.69 Å². The second-order valence-corrected chi connectivity index (χ2v) is 5.17. The van der Waals surface area contributed by atoms with E-state index in [1.54, 1.807) is 30.5 Å². The molecule has 0 unspecified atom stereocenters. The lowest BCUT2D eigenvalue weighted by Gasteiger charge is -2.06. The van der Waals surface area contributed by atoms with Crippen molar-refractivity contribution in [1.29, 1.82) is 0 Å². The van der Waals surface area contributed by atoms with Crippen LogP contribution in [0.2, 0.25) is 10.0 Å². The average molecular weight is 320 g/mol. The molecule has 0 N–H and O–H groups in total. The van der Waals surface area contributed by atoms with Gasteiger partial charge in [-0.05, 0) is 24.3 Å². The van der Waals surface area contributed by atoms with Crippen molar-refractivity contribution in [2.45, 2.75) is 0 Å². The minimum Gasteiger partial charge on any atom is -0.258 e. The molecule has 0 saturated carbocycles. The number of nitro groups is 1. The highest BCUT2D eigenvalue weighted by Gasteiger charge is 2.11. The molecule has 3 aromatic rings. The number of hydrogen-bond donors (Lipinski definition) is 0. The fourth-order valence-corrected chi connectivity index (χ4v) is 2.37. The van der Waals surface area contributed by atoms with Crippen molar-refractivity contribution in [3.63, 3.8) is 0 Å². The van der Waals surface area contributed by atoms with Gasteiger partial charge in [-0.2, -0.15) is 5.10 Å². The van der Waals surface area contributed by atoms with E-state index in [1.807, 2.05) is 0 Å². The van der Waals surface area contributed by atoms with Crippen LogP contribution in [0.4, 0.5) is 5.69 Å². The summed E-state index contributed by atoms with van der Waals surface area (Å²) in [7, 11) is 0. The highest BCUT2D eigenvalue weighted by Crippen LogP contribution is 2.32. The Morgan fingerprint density at radius 3 is 2.38 bits per heavy atom. The molecule has 0 aliphatic heterocycles. The van der Waals surface area contributed by atoms with Crippen LogP contribution >= 0.6 is 23.2 Å². The third kappa shape index (κ3) is 2.53. The zero-order valence-electron chi connectivity index (χ0n) is 10.5. The number of halogens is 2. The molecule has 0 radical (unpaired) electrons. The summed E-state index contributed by atoms with van der Waals surface area (Å²) >= 11 is 12.0. The third-order valence-corrected chi connectivity index (χ3v) is 3.78. The summed E-state index contributed by atoms with van der Waals surface area (Å²) < 4.78 is 0. The normalized spacial score (nSPS) is 10.8. The van der Waals surface area contributed by atoms with E-state index in [9.17, 15) is 10.1 Å². The van der Waals surface area contributed by atoms with Crippen molar-refractivity contribution in [3.8, 4) is 11.3 Å². The maximum atomic E-state index is 10.7. The minimum absolute atomic E-state index is 0.0213. The number of hydrogen-bond acceptors (Lipinski definition) is 4. The predicted octanol–water partition coefficient (Wildman–Crippen LogP) is 4.51. The number of benzene rings is 2. The Bertz CT molecular complexity index is 851. The molecule has 0 bridgehead atoms. The second kappa shape index (κ2) is 5.27. The van der Waals surface area contributed by atoms with Gasteiger partial charge in [0.2, 0.25) is 0 Å². The maximum absolute atomic E-state index is 10.7. The lowest BCUT2D eigenvalue weighted by atomic mass is 10.1. The second-order valence-electron chi connectivity index (χ2n) is 4.35. The predicted molar refractivity (Wildman–Crippen MR) is 81.6 cm³/mol. The molecule has 0 aliphatic carbocycles. The molecule has 5 nitrogen and oxygen atoms in total. The number of nitrogens with zero attached hydrogens (tertiary/aromatic N) is 3. The molecule has 104 valence electrons. The van der Waals surface area contributed by atoms with Crippen molar-refractivity contribution in [2.24, 2.45) is 0 Å². The van der Waals surface area contributed by atoms with Crippen LogP contribution in [0, 0.1) is 10.1 Å². The molecule has 0 amide bonds. The number of rotatable bonds is 2. The van der Waals surface area contributed by atoms with Gasteiger partial charge in [0.15, 0.2) is 0 Å². The topological polar surface area (TPSA) is 68.9 Å². The Morgan fingerprint density at radius 2 is 1.71 bits per heavy atom. The van der Waals surface area contributed by atoms with Crippen LogP contribution in [0.15, 0.2) is 42.6 Å². The number of non-ortho nitro benzene ring substituents is 1. The van der Waals surface area contributed by atoms with Gasteiger partial charge >= 0.3 is 0 Å². The van der Waals surface area contributed by atoms with Crippen LogP contribution in [-0.4, -0.2) is 15.1 Å². The fraction of sp³-hybridized carbons (Fsp3) is 0. The largest absolute Gasteiger partial charge is 0.269 e. The van der Waals surface area contributed by atoms with E-state index in [-0.39, 0.29) is 5.69 Å². The number of fused-ring (bicyclic) bond motifs is 1. The van der Waals surface area contributed by atoms with Gasteiger partial charge in [0.25, 0.3) is 5.69 Å². The first-order valence-electron chi connectivity index (χ1n) is 5.91. The Balaban J connectivity index is 2.20. The Kier molecular flexibility index (Phi) is 3.45. The molecule has 2 aromatic carbocycles. The summed E-state index contributed by atoms with van der Waals surface area (Å²) in [5.74, 6) is 0. The summed E-state index contributed by atoms with van der Waals surface area (Å²) in [4.78, 5) is 10.2. The Labute approximate surface area is 129 Å².